The minimum absolute atomic E-state index is 0.201. The highest BCUT2D eigenvalue weighted by atomic mass is 35.5. The summed E-state index contributed by atoms with van der Waals surface area (Å²) in [5.41, 5.74) is 2.81. The largest absolute Gasteiger partial charge is 0.444 e. The summed E-state index contributed by atoms with van der Waals surface area (Å²) in [6.45, 7) is 0. The van der Waals surface area contributed by atoms with Crippen LogP contribution in [-0.4, -0.2) is 11.7 Å². The molecule has 0 radical (unpaired) electrons. The molecule has 0 aromatic heterocycles. The molecule has 0 bridgehead atoms. The Balaban J connectivity index is 2.74. The maximum Gasteiger partial charge on any atom is 0.444 e. The van der Waals surface area contributed by atoms with Gasteiger partial charge < -0.3 is 10.5 Å². The molecule has 0 aliphatic carbocycles. The van der Waals surface area contributed by atoms with E-state index in [2.05, 4.69) is 16.3 Å². The van der Waals surface area contributed by atoms with Gasteiger partial charge in [-0.05, 0) is 24.3 Å². The van der Waals surface area contributed by atoms with Crippen molar-refractivity contribution in [3.63, 3.8) is 0 Å². The van der Waals surface area contributed by atoms with Crippen LogP contribution in [0.3, 0.4) is 0 Å². The second-order valence-corrected chi connectivity index (χ2v) is 2.92. The van der Waals surface area contributed by atoms with Gasteiger partial charge in [0.25, 0.3) is 5.63 Å². The third-order valence-corrected chi connectivity index (χ3v) is 1.64. The van der Waals surface area contributed by atoms with Gasteiger partial charge in [0.15, 0.2) is 0 Å². The van der Waals surface area contributed by atoms with Crippen LogP contribution in [0.15, 0.2) is 24.3 Å². The van der Waals surface area contributed by atoms with Gasteiger partial charge in [-0.2, -0.15) is 8.78 Å². The van der Waals surface area contributed by atoms with Gasteiger partial charge in [-0.1, -0.05) is 11.6 Å². The number of anilines is 1. The van der Waals surface area contributed by atoms with Crippen LogP contribution in [0.25, 0.3) is 0 Å². The third kappa shape index (κ3) is 2.70. The minimum Gasteiger partial charge on any atom is -0.429 e. The fourth-order valence-electron chi connectivity index (χ4n) is 0.738. The summed E-state index contributed by atoms with van der Waals surface area (Å²) in [5.74, 6) is -0.201. The Morgan fingerprint density at radius 2 is 1.79 bits per heavy atom. The maximum atomic E-state index is 12.6. The predicted molar refractivity (Wildman–Crippen MR) is 47.2 cm³/mol. The fourth-order valence-corrected chi connectivity index (χ4v) is 0.782. The van der Waals surface area contributed by atoms with Gasteiger partial charge in [0.2, 0.25) is 0 Å². The SMILES string of the molecule is Nc1ccc(OC(F)(F)[C@@H](F)Cl)cc1. The summed E-state index contributed by atoms with van der Waals surface area (Å²) in [5, 5.41) is 0. The highest BCUT2D eigenvalue weighted by Gasteiger charge is 2.41. The summed E-state index contributed by atoms with van der Waals surface area (Å²) < 4.78 is 41.3. The second-order valence-electron chi connectivity index (χ2n) is 2.53. The third-order valence-electron chi connectivity index (χ3n) is 1.39. The molecule has 0 saturated carbocycles. The van der Waals surface area contributed by atoms with Crippen molar-refractivity contribution in [3.05, 3.63) is 24.3 Å². The number of hydrogen-bond acceptors (Lipinski definition) is 2. The molecule has 2 nitrogen and oxygen atoms in total. The smallest absolute Gasteiger partial charge is 0.429 e. The highest BCUT2D eigenvalue weighted by Crippen LogP contribution is 2.28. The van der Waals surface area contributed by atoms with E-state index >= 15 is 0 Å². The first kappa shape index (κ1) is 11.0. The molecule has 14 heavy (non-hydrogen) atoms. The van der Waals surface area contributed by atoms with Crippen LogP contribution in [0, 0.1) is 0 Å². The zero-order valence-electron chi connectivity index (χ0n) is 6.88. The molecule has 6 heteroatoms. The molecule has 0 aliphatic rings. The molecule has 1 aromatic rings. The molecule has 0 aliphatic heterocycles. The van der Waals surface area contributed by atoms with E-state index in [1.807, 2.05) is 0 Å². The van der Waals surface area contributed by atoms with Crippen molar-refractivity contribution < 1.29 is 17.9 Å². The number of halogens is 4. The monoisotopic (exact) mass is 225 g/mol. The predicted octanol–water partition coefficient (Wildman–Crippen LogP) is 2.77. The number of ether oxygens (including phenoxy) is 1. The molecule has 2 N–H and O–H groups in total. The van der Waals surface area contributed by atoms with Gasteiger partial charge in [0, 0.05) is 5.69 Å². The Morgan fingerprint density at radius 1 is 1.29 bits per heavy atom. The molecular formula is C8H7ClF3NO. The van der Waals surface area contributed by atoms with Crippen molar-refractivity contribution >= 4 is 17.3 Å². The molecule has 1 aromatic carbocycles. The molecule has 1 rings (SSSR count). The topological polar surface area (TPSA) is 35.2 Å². The van der Waals surface area contributed by atoms with Crippen molar-refractivity contribution in [2.24, 2.45) is 0 Å². The molecule has 0 fully saturated rings. The fraction of sp³-hybridized carbons (Fsp3) is 0.250. The summed E-state index contributed by atoms with van der Waals surface area (Å²) in [6, 6.07) is 5.10. The standard InChI is InChI=1S/C8H7ClF3NO/c9-7(10)8(11,12)14-6-3-1-5(13)2-4-6/h1-4,7H,13H2/t7-/m1/s1. The average molecular weight is 226 g/mol. The van der Waals surface area contributed by atoms with Crippen LogP contribution in [-0.2, 0) is 0 Å². The lowest BCUT2D eigenvalue weighted by atomic mass is 10.3. The molecule has 78 valence electrons. The molecule has 1 atom stereocenters. The Kier molecular flexibility index (Phi) is 3.10. The normalized spacial score (nSPS) is 13.7. The average Bonchev–Trinajstić information content (AvgIpc) is 2.08. The van der Waals surface area contributed by atoms with Crippen LogP contribution in [0.1, 0.15) is 0 Å². The van der Waals surface area contributed by atoms with Crippen molar-refractivity contribution in [1.82, 2.24) is 0 Å². The number of alkyl halides is 4. The van der Waals surface area contributed by atoms with Gasteiger partial charge in [0.05, 0.1) is 0 Å². The number of nitrogens with two attached hydrogens (primary N) is 1. The summed E-state index contributed by atoms with van der Waals surface area (Å²) in [4.78, 5) is 0. The van der Waals surface area contributed by atoms with Crippen LogP contribution in [0.2, 0.25) is 0 Å². The number of hydrogen-bond donors (Lipinski definition) is 1. The molecule has 0 unspecified atom stereocenters. The van der Waals surface area contributed by atoms with E-state index in [-0.39, 0.29) is 5.75 Å². The van der Waals surface area contributed by atoms with Crippen molar-refractivity contribution in [1.29, 1.82) is 0 Å². The van der Waals surface area contributed by atoms with E-state index in [0.29, 0.717) is 5.69 Å². The maximum absolute atomic E-state index is 12.6. The van der Waals surface area contributed by atoms with E-state index < -0.39 is 11.7 Å². The first-order valence-corrected chi connectivity index (χ1v) is 4.06. The van der Waals surface area contributed by atoms with Gasteiger partial charge in [-0.3, -0.25) is 0 Å². The zero-order chi connectivity index (χ0) is 10.8. The van der Waals surface area contributed by atoms with Gasteiger partial charge >= 0.3 is 6.11 Å². The van der Waals surface area contributed by atoms with Crippen molar-refractivity contribution in [3.8, 4) is 5.75 Å². The summed E-state index contributed by atoms with van der Waals surface area (Å²) in [7, 11) is 0. The van der Waals surface area contributed by atoms with Crippen LogP contribution < -0.4 is 10.5 Å². The van der Waals surface area contributed by atoms with E-state index in [9.17, 15) is 13.2 Å². The second kappa shape index (κ2) is 3.96. The van der Waals surface area contributed by atoms with Gasteiger partial charge in [-0.15, -0.1) is 0 Å². The molecule has 0 spiro atoms. The van der Waals surface area contributed by atoms with E-state index in [0.717, 1.165) is 0 Å². The number of nitrogen functional groups attached to an aromatic ring is 1. The first-order valence-electron chi connectivity index (χ1n) is 3.62. The zero-order valence-corrected chi connectivity index (χ0v) is 7.64. The minimum atomic E-state index is -4.04. The van der Waals surface area contributed by atoms with E-state index in [4.69, 9.17) is 5.73 Å². The molecule has 0 heterocycles. The Morgan fingerprint density at radius 3 is 2.21 bits per heavy atom. The van der Waals surface area contributed by atoms with Crippen LogP contribution >= 0.6 is 11.6 Å². The molecule has 0 amide bonds. The Hall–Kier alpha value is -1.10. The van der Waals surface area contributed by atoms with Gasteiger partial charge in [0.1, 0.15) is 5.75 Å². The molecule has 0 saturated heterocycles. The lowest BCUT2D eigenvalue weighted by Crippen LogP contribution is -2.32. The number of rotatable bonds is 3. The van der Waals surface area contributed by atoms with Crippen molar-refractivity contribution in [2.75, 3.05) is 5.73 Å². The number of benzene rings is 1. The Labute approximate surface area is 83.4 Å². The lowest BCUT2D eigenvalue weighted by Gasteiger charge is -2.17. The quantitative estimate of drug-likeness (QED) is 0.634. The van der Waals surface area contributed by atoms with Crippen LogP contribution in [0.4, 0.5) is 18.9 Å². The highest BCUT2D eigenvalue weighted by molar-refractivity contribution is 6.20. The van der Waals surface area contributed by atoms with Crippen LogP contribution in [0.5, 0.6) is 5.75 Å². The summed E-state index contributed by atoms with van der Waals surface area (Å²) in [6.07, 6.45) is -4.04. The van der Waals surface area contributed by atoms with E-state index in [1.165, 1.54) is 24.3 Å². The van der Waals surface area contributed by atoms with Crippen molar-refractivity contribution in [2.45, 2.75) is 11.7 Å². The molecular weight excluding hydrogens is 219 g/mol. The summed E-state index contributed by atoms with van der Waals surface area (Å²) >= 11 is 4.58. The van der Waals surface area contributed by atoms with Gasteiger partial charge in [-0.25, -0.2) is 4.39 Å². The first-order chi connectivity index (χ1) is 6.42. The Bertz CT molecular complexity index is 302. The van der Waals surface area contributed by atoms with E-state index in [1.54, 1.807) is 0 Å². The lowest BCUT2D eigenvalue weighted by molar-refractivity contribution is -0.199.